The van der Waals surface area contributed by atoms with Crippen molar-refractivity contribution >= 4 is 29.6 Å². The van der Waals surface area contributed by atoms with E-state index in [1.54, 1.807) is 18.2 Å². The lowest BCUT2D eigenvalue weighted by molar-refractivity contribution is -0.139. The summed E-state index contributed by atoms with van der Waals surface area (Å²) in [5.74, 6) is -2.11. The first-order chi connectivity index (χ1) is 17.7. The molecule has 192 valence electrons. The molecule has 3 aromatic rings. The van der Waals surface area contributed by atoms with Crippen LogP contribution in [0.1, 0.15) is 16.7 Å². The van der Waals surface area contributed by atoms with Gasteiger partial charge in [0.05, 0.1) is 11.8 Å². The van der Waals surface area contributed by atoms with E-state index in [0.29, 0.717) is 18.5 Å². The van der Waals surface area contributed by atoms with E-state index >= 15 is 0 Å². The van der Waals surface area contributed by atoms with Gasteiger partial charge in [0, 0.05) is 12.2 Å². The Kier molecular flexibility index (Phi) is 9.36. The van der Waals surface area contributed by atoms with E-state index in [4.69, 9.17) is 4.74 Å². The van der Waals surface area contributed by atoms with E-state index in [9.17, 15) is 27.6 Å². The Hall–Kier alpha value is -4.67. The van der Waals surface area contributed by atoms with Crippen molar-refractivity contribution in [1.29, 1.82) is 0 Å². The third-order valence-electron chi connectivity index (χ3n) is 4.83. The van der Waals surface area contributed by atoms with E-state index in [2.05, 4.69) is 21.2 Å². The van der Waals surface area contributed by atoms with Gasteiger partial charge >= 0.3 is 18.0 Å². The van der Waals surface area contributed by atoms with Crippen molar-refractivity contribution in [3.05, 3.63) is 95.6 Å². The van der Waals surface area contributed by atoms with Gasteiger partial charge in [-0.2, -0.15) is 18.3 Å². The van der Waals surface area contributed by atoms with Gasteiger partial charge in [0.25, 0.3) is 5.91 Å². The highest BCUT2D eigenvalue weighted by molar-refractivity contribution is 6.35. The Morgan fingerprint density at radius 3 is 2.41 bits per heavy atom. The highest BCUT2D eigenvalue weighted by Gasteiger charge is 2.30. The number of hydrazone groups is 1. The number of benzene rings is 3. The van der Waals surface area contributed by atoms with Gasteiger partial charge in [-0.15, -0.1) is 0 Å². The zero-order chi connectivity index (χ0) is 26.7. The molecule has 0 aliphatic carbocycles. The number of alkyl halides is 3. The Morgan fingerprint density at radius 1 is 0.892 bits per heavy atom. The minimum absolute atomic E-state index is 0.0100. The molecule has 3 rings (SSSR count). The van der Waals surface area contributed by atoms with Crippen molar-refractivity contribution < 1.29 is 32.3 Å². The van der Waals surface area contributed by atoms with E-state index < -0.39 is 36.1 Å². The zero-order valence-corrected chi connectivity index (χ0v) is 19.4. The SMILES string of the molecule is O=C(COc1cccc(/C=N/NC(=O)C(=O)NCCc2ccccc2)c1)Nc1cccc(C(F)(F)F)c1. The fraction of sp³-hybridized carbons (Fsp3) is 0.154. The average molecular weight is 512 g/mol. The average Bonchev–Trinajstić information content (AvgIpc) is 2.88. The van der Waals surface area contributed by atoms with Gasteiger partial charge in [0.1, 0.15) is 5.75 Å². The summed E-state index contributed by atoms with van der Waals surface area (Å²) in [5.41, 5.74) is 2.76. The predicted molar refractivity (Wildman–Crippen MR) is 131 cm³/mol. The molecule has 0 atom stereocenters. The lowest BCUT2D eigenvalue weighted by atomic mass is 10.1. The quantitative estimate of drug-likeness (QED) is 0.232. The Bertz CT molecular complexity index is 1260. The summed E-state index contributed by atoms with van der Waals surface area (Å²) in [5, 5.41) is 8.59. The van der Waals surface area contributed by atoms with Crippen molar-refractivity contribution in [2.75, 3.05) is 18.5 Å². The smallest absolute Gasteiger partial charge is 0.416 e. The number of carbonyl (C=O) groups excluding carboxylic acids is 3. The molecule has 0 heterocycles. The number of halogens is 3. The van der Waals surface area contributed by atoms with E-state index in [1.165, 1.54) is 24.4 Å². The zero-order valence-electron chi connectivity index (χ0n) is 19.4. The molecule has 11 heteroatoms. The molecule has 0 unspecified atom stereocenters. The Labute approximate surface area is 210 Å². The number of nitrogens with zero attached hydrogens (tertiary/aromatic N) is 1. The second kappa shape index (κ2) is 12.9. The summed E-state index contributed by atoms with van der Waals surface area (Å²) >= 11 is 0. The molecule has 3 N–H and O–H groups in total. The first-order valence-electron chi connectivity index (χ1n) is 11.1. The van der Waals surface area contributed by atoms with Crippen molar-refractivity contribution in [2.45, 2.75) is 12.6 Å². The number of rotatable bonds is 9. The van der Waals surface area contributed by atoms with Crippen molar-refractivity contribution in [3.63, 3.8) is 0 Å². The molecule has 3 amide bonds. The summed E-state index contributed by atoms with van der Waals surface area (Å²) < 4.78 is 43.8. The van der Waals surface area contributed by atoms with E-state index in [-0.39, 0.29) is 11.4 Å². The number of hydrogen-bond acceptors (Lipinski definition) is 5. The summed E-state index contributed by atoms with van der Waals surface area (Å²) in [6.07, 6.45) is -2.66. The number of hydrogen-bond donors (Lipinski definition) is 3. The van der Waals surface area contributed by atoms with Crippen LogP contribution in [0.15, 0.2) is 84.0 Å². The lowest BCUT2D eigenvalue weighted by Gasteiger charge is -2.10. The number of amides is 3. The molecule has 0 saturated carbocycles. The lowest BCUT2D eigenvalue weighted by Crippen LogP contribution is -2.38. The minimum Gasteiger partial charge on any atom is -0.484 e. The number of ether oxygens (including phenoxy) is 1. The second-order valence-corrected chi connectivity index (χ2v) is 7.68. The van der Waals surface area contributed by atoms with Crippen LogP contribution in [0.25, 0.3) is 0 Å². The maximum atomic E-state index is 12.8. The molecule has 0 spiro atoms. The maximum Gasteiger partial charge on any atom is 0.416 e. The highest BCUT2D eigenvalue weighted by atomic mass is 19.4. The summed E-state index contributed by atoms with van der Waals surface area (Å²) in [7, 11) is 0. The second-order valence-electron chi connectivity index (χ2n) is 7.68. The van der Waals surface area contributed by atoms with Crippen LogP contribution in [0.4, 0.5) is 18.9 Å². The van der Waals surface area contributed by atoms with Crippen LogP contribution < -0.4 is 20.8 Å². The molecule has 0 fully saturated rings. The fourth-order valence-electron chi connectivity index (χ4n) is 3.07. The maximum absolute atomic E-state index is 12.8. The topological polar surface area (TPSA) is 109 Å². The normalized spacial score (nSPS) is 11.1. The van der Waals surface area contributed by atoms with Crippen molar-refractivity contribution in [3.8, 4) is 5.75 Å². The van der Waals surface area contributed by atoms with Gasteiger partial charge in [-0.3, -0.25) is 14.4 Å². The number of nitrogens with one attached hydrogen (secondary N) is 3. The van der Waals surface area contributed by atoms with Crippen LogP contribution in [-0.2, 0) is 27.0 Å². The first kappa shape index (κ1) is 26.9. The molecule has 0 bridgehead atoms. The molecule has 3 aromatic carbocycles. The van der Waals surface area contributed by atoms with Crippen molar-refractivity contribution in [2.24, 2.45) is 5.10 Å². The van der Waals surface area contributed by atoms with Crippen LogP contribution >= 0.6 is 0 Å². The number of anilines is 1. The molecule has 0 aliphatic heterocycles. The molecule has 0 aliphatic rings. The van der Waals surface area contributed by atoms with Crippen molar-refractivity contribution in [1.82, 2.24) is 10.7 Å². The van der Waals surface area contributed by atoms with Crippen LogP contribution in [-0.4, -0.2) is 37.1 Å². The molecule has 0 saturated heterocycles. The monoisotopic (exact) mass is 512 g/mol. The summed E-state index contributed by atoms with van der Waals surface area (Å²) in [6, 6.07) is 20.1. The van der Waals surface area contributed by atoms with Gasteiger partial charge in [-0.1, -0.05) is 48.5 Å². The van der Waals surface area contributed by atoms with Gasteiger partial charge in [-0.05, 0) is 47.9 Å². The van der Waals surface area contributed by atoms with Gasteiger partial charge in [0.2, 0.25) is 0 Å². The standard InChI is InChI=1S/C26H23F3N4O4/c27-26(28,29)20-9-5-10-21(15-20)32-23(34)17-37-22-11-4-8-19(14-22)16-31-33-25(36)24(35)30-13-12-18-6-2-1-3-7-18/h1-11,14-16H,12-13,17H2,(H,30,35)(H,32,34)(H,33,36)/b31-16+. The Balaban J connectivity index is 1.43. The summed E-state index contributed by atoms with van der Waals surface area (Å²) in [4.78, 5) is 35.8. The largest absolute Gasteiger partial charge is 0.484 e. The van der Waals surface area contributed by atoms with Gasteiger partial charge in [0.15, 0.2) is 6.61 Å². The first-order valence-corrected chi connectivity index (χ1v) is 11.1. The number of carbonyl (C=O) groups is 3. The molecule has 8 nitrogen and oxygen atoms in total. The van der Waals surface area contributed by atoms with Crippen LogP contribution in [0, 0.1) is 0 Å². The van der Waals surface area contributed by atoms with Crippen LogP contribution in [0.5, 0.6) is 5.75 Å². The molecular formula is C26H23F3N4O4. The van der Waals surface area contributed by atoms with E-state index in [1.807, 2.05) is 30.3 Å². The third-order valence-corrected chi connectivity index (χ3v) is 4.83. The molecule has 37 heavy (non-hydrogen) atoms. The highest BCUT2D eigenvalue weighted by Crippen LogP contribution is 2.30. The molecule has 0 aromatic heterocycles. The molecular weight excluding hydrogens is 489 g/mol. The third kappa shape index (κ3) is 9.13. The van der Waals surface area contributed by atoms with Crippen LogP contribution in [0.2, 0.25) is 0 Å². The summed E-state index contributed by atoms with van der Waals surface area (Å²) in [6.45, 7) is -0.155. The van der Waals surface area contributed by atoms with Crippen LogP contribution in [0.3, 0.4) is 0 Å². The minimum atomic E-state index is -4.52. The Morgan fingerprint density at radius 2 is 1.65 bits per heavy atom. The van der Waals surface area contributed by atoms with Gasteiger partial charge in [-0.25, -0.2) is 5.43 Å². The van der Waals surface area contributed by atoms with Gasteiger partial charge < -0.3 is 15.4 Å². The predicted octanol–water partition coefficient (Wildman–Crippen LogP) is 3.53. The molecule has 0 radical (unpaired) electrons. The fourth-order valence-corrected chi connectivity index (χ4v) is 3.07. The van der Waals surface area contributed by atoms with E-state index in [0.717, 1.165) is 17.7 Å².